The van der Waals surface area contributed by atoms with Crippen LogP contribution in [0.3, 0.4) is 0 Å². The number of aromatic nitrogens is 1. The van der Waals surface area contributed by atoms with Gasteiger partial charge in [-0.25, -0.2) is 9.18 Å². The molecule has 4 rings (SSSR count). The van der Waals surface area contributed by atoms with Crippen LogP contribution in [0.15, 0.2) is 42.7 Å². The molecule has 0 unspecified atom stereocenters. The predicted octanol–water partition coefficient (Wildman–Crippen LogP) is 6.38. The Kier molecular flexibility index (Phi) is 14.7. The fourth-order valence-electron chi connectivity index (χ4n) is 6.38. The highest BCUT2D eigenvalue weighted by Gasteiger charge is 2.32. The van der Waals surface area contributed by atoms with Crippen molar-refractivity contribution in [3.63, 3.8) is 0 Å². The van der Waals surface area contributed by atoms with E-state index in [4.69, 9.17) is 14.2 Å². The molecule has 288 valence electrons. The van der Waals surface area contributed by atoms with Crippen LogP contribution in [0.4, 0.5) is 9.18 Å². The van der Waals surface area contributed by atoms with E-state index in [1.807, 2.05) is 20.8 Å². The molecule has 3 heterocycles. The van der Waals surface area contributed by atoms with Crippen molar-refractivity contribution in [2.75, 3.05) is 39.5 Å². The van der Waals surface area contributed by atoms with Gasteiger partial charge in [-0.1, -0.05) is 11.8 Å². The number of nitrogens with zero attached hydrogens (tertiary/aromatic N) is 3. The summed E-state index contributed by atoms with van der Waals surface area (Å²) in [6.45, 7) is 12.5. The van der Waals surface area contributed by atoms with Gasteiger partial charge < -0.3 is 29.3 Å². The summed E-state index contributed by atoms with van der Waals surface area (Å²) in [5.41, 5.74) is 0.677. The van der Waals surface area contributed by atoms with Crippen molar-refractivity contribution in [3.05, 3.63) is 59.4 Å². The third kappa shape index (κ3) is 14.0. The van der Waals surface area contributed by atoms with Gasteiger partial charge >= 0.3 is 12.1 Å². The lowest BCUT2D eigenvalue weighted by Crippen LogP contribution is -2.46. The Morgan fingerprint density at radius 2 is 1.58 bits per heavy atom. The zero-order chi connectivity index (χ0) is 38.6. The Labute approximate surface area is 313 Å². The molecule has 0 spiro atoms. The maximum Gasteiger partial charge on any atom is 0.410 e. The van der Waals surface area contributed by atoms with E-state index in [0.29, 0.717) is 68.2 Å². The minimum Gasteiger partial charge on any atom is -0.491 e. The van der Waals surface area contributed by atoms with E-state index in [-0.39, 0.29) is 30.9 Å². The van der Waals surface area contributed by atoms with E-state index in [9.17, 15) is 23.6 Å². The standard InChI is InChI=1S/C41H55FN4O7/c1-40(2,3)52-37(48)25-35(33-24-31(26-43-27-33)10-9-29-11-14-34(15-12-29)51-23-19-42)44-38(49)32-8-7-20-46(28-32)36(47)16-13-30-17-21-45(22-18-30)39(50)53-41(4,5)6/h11-12,14-15,24,26-27,30,32,35H,7-8,13,16-23,25,28H2,1-6H3,(H,44,49)/t32-,35+/m1/s1. The predicted molar refractivity (Wildman–Crippen MR) is 199 cm³/mol. The molecule has 2 atom stereocenters. The maximum absolute atomic E-state index is 13.8. The molecule has 1 N–H and O–H groups in total. The maximum atomic E-state index is 13.8. The molecule has 1 aromatic carbocycles. The first-order valence-electron chi connectivity index (χ1n) is 18.6. The van der Waals surface area contributed by atoms with Crippen molar-refractivity contribution in [2.24, 2.45) is 11.8 Å². The Morgan fingerprint density at radius 1 is 0.906 bits per heavy atom. The average Bonchev–Trinajstić information content (AvgIpc) is 3.11. The van der Waals surface area contributed by atoms with Gasteiger partial charge in [0, 0.05) is 56.1 Å². The monoisotopic (exact) mass is 734 g/mol. The highest BCUT2D eigenvalue weighted by atomic mass is 19.1. The number of carbonyl (C=O) groups is 4. The minimum atomic E-state index is -0.726. The van der Waals surface area contributed by atoms with Crippen molar-refractivity contribution in [1.29, 1.82) is 0 Å². The van der Waals surface area contributed by atoms with Gasteiger partial charge in [0.2, 0.25) is 11.8 Å². The van der Waals surface area contributed by atoms with Gasteiger partial charge in [-0.3, -0.25) is 19.4 Å². The number of benzene rings is 1. The summed E-state index contributed by atoms with van der Waals surface area (Å²) in [4.78, 5) is 60.4. The zero-order valence-corrected chi connectivity index (χ0v) is 32.0. The lowest BCUT2D eigenvalue weighted by Gasteiger charge is -2.35. The molecule has 0 saturated carbocycles. The number of likely N-dealkylation sites (tertiary alicyclic amines) is 2. The van der Waals surface area contributed by atoms with Crippen molar-refractivity contribution >= 4 is 23.9 Å². The number of esters is 1. The van der Waals surface area contributed by atoms with Crippen molar-refractivity contribution in [3.8, 4) is 17.6 Å². The van der Waals surface area contributed by atoms with Gasteiger partial charge in [0.05, 0.1) is 18.4 Å². The Hall–Kier alpha value is -4.66. The van der Waals surface area contributed by atoms with Crippen LogP contribution in [0.2, 0.25) is 0 Å². The molecule has 2 aliphatic heterocycles. The Morgan fingerprint density at radius 3 is 2.25 bits per heavy atom. The molecular weight excluding hydrogens is 679 g/mol. The molecule has 3 amide bonds. The summed E-state index contributed by atoms with van der Waals surface area (Å²) < 4.78 is 28.8. The number of rotatable bonds is 11. The summed E-state index contributed by atoms with van der Waals surface area (Å²) in [5.74, 6) is 5.95. The van der Waals surface area contributed by atoms with Crippen LogP contribution in [-0.2, 0) is 23.9 Å². The summed E-state index contributed by atoms with van der Waals surface area (Å²) in [6, 6.07) is 8.07. The number of ether oxygens (including phenoxy) is 3. The highest BCUT2D eigenvalue weighted by molar-refractivity contribution is 5.82. The topological polar surface area (TPSA) is 127 Å². The number of amides is 3. The average molecular weight is 735 g/mol. The highest BCUT2D eigenvalue weighted by Crippen LogP contribution is 2.26. The first-order valence-corrected chi connectivity index (χ1v) is 18.6. The van der Waals surface area contributed by atoms with E-state index >= 15 is 0 Å². The number of pyridine rings is 1. The molecule has 1 aromatic heterocycles. The van der Waals surface area contributed by atoms with Crippen LogP contribution < -0.4 is 10.1 Å². The molecule has 12 heteroatoms. The van der Waals surface area contributed by atoms with Gasteiger partial charge in [0.1, 0.15) is 30.2 Å². The second kappa shape index (κ2) is 18.9. The van der Waals surface area contributed by atoms with Gasteiger partial charge in [-0.15, -0.1) is 0 Å². The molecule has 11 nitrogen and oxygen atoms in total. The number of hydrogen-bond donors (Lipinski definition) is 1. The number of piperidine rings is 2. The van der Waals surface area contributed by atoms with Crippen molar-refractivity contribution < 1.29 is 37.8 Å². The van der Waals surface area contributed by atoms with E-state index in [1.165, 1.54) is 0 Å². The van der Waals surface area contributed by atoms with Crippen molar-refractivity contribution in [2.45, 2.75) is 104 Å². The van der Waals surface area contributed by atoms with Crippen molar-refractivity contribution in [1.82, 2.24) is 20.1 Å². The molecule has 2 aliphatic rings. The SMILES string of the molecule is CC(C)(C)OC(=O)C[C@H](NC(=O)[C@@H]1CCCN(C(=O)CCC2CCN(C(=O)OC(C)(C)C)CC2)C1)c1cncc(C#Cc2ccc(OCCF)cc2)c1. The fraction of sp³-hybridized carbons (Fsp3) is 0.585. The molecule has 0 bridgehead atoms. The molecule has 2 aromatic rings. The number of carbonyl (C=O) groups excluding carboxylic acids is 4. The number of hydrogen-bond acceptors (Lipinski definition) is 8. The van der Waals surface area contributed by atoms with Gasteiger partial charge in [-0.05, 0) is 115 Å². The minimum absolute atomic E-state index is 0.0118. The number of halogens is 1. The first kappa shape index (κ1) is 41.1. The lowest BCUT2D eigenvalue weighted by atomic mass is 9.91. The molecule has 0 radical (unpaired) electrons. The van der Waals surface area contributed by atoms with E-state index in [2.05, 4.69) is 22.1 Å². The van der Waals surface area contributed by atoms with Crippen LogP contribution in [0.1, 0.15) is 109 Å². The first-order chi connectivity index (χ1) is 25.1. The fourth-order valence-corrected chi connectivity index (χ4v) is 6.38. The second-order valence-electron chi connectivity index (χ2n) is 15.8. The third-order valence-corrected chi connectivity index (χ3v) is 9.00. The molecular formula is C41H55FN4O7. The van der Waals surface area contributed by atoms with Crippen LogP contribution in [-0.4, -0.2) is 89.3 Å². The van der Waals surface area contributed by atoms with Gasteiger partial charge in [0.25, 0.3) is 0 Å². The Balaban J connectivity index is 1.36. The largest absolute Gasteiger partial charge is 0.491 e. The summed E-state index contributed by atoms with van der Waals surface area (Å²) in [7, 11) is 0. The van der Waals surface area contributed by atoms with Gasteiger partial charge in [0.15, 0.2) is 0 Å². The van der Waals surface area contributed by atoms with Gasteiger partial charge in [-0.2, -0.15) is 0 Å². The second-order valence-corrected chi connectivity index (χ2v) is 15.8. The van der Waals surface area contributed by atoms with Crippen LogP contribution in [0.25, 0.3) is 0 Å². The van der Waals surface area contributed by atoms with E-state index in [1.54, 1.807) is 73.3 Å². The van der Waals surface area contributed by atoms with E-state index in [0.717, 1.165) is 24.8 Å². The normalized spacial score (nSPS) is 17.2. The summed E-state index contributed by atoms with van der Waals surface area (Å²) in [5, 5.41) is 3.07. The summed E-state index contributed by atoms with van der Waals surface area (Å²) in [6.07, 6.45) is 6.91. The molecule has 2 saturated heterocycles. The number of alkyl halides is 1. The van der Waals surface area contributed by atoms with Crippen LogP contribution >= 0.6 is 0 Å². The Bertz CT molecular complexity index is 1620. The quantitative estimate of drug-likeness (QED) is 0.208. The van der Waals surface area contributed by atoms with Crippen LogP contribution in [0, 0.1) is 23.7 Å². The smallest absolute Gasteiger partial charge is 0.410 e. The third-order valence-electron chi connectivity index (χ3n) is 9.00. The molecule has 0 aliphatic carbocycles. The lowest BCUT2D eigenvalue weighted by molar-refractivity contribution is -0.155. The van der Waals surface area contributed by atoms with E-state index < -0.39 is 35.8 Å². The molecule has 2 fully saturated rings. The van der Waals surface area contributed by atoms with Crippen LogP contribution in [0.5, 0.6) is 5.75 Å². The zero-order valence-electron chi connectivity index (χ0n) is 32.0. The number of nitrogens with one attached hydrogen (secondary N) is 1. The molecule has 53 heavy (non-hydrogen) atoms. The summed E-state index contributed by atoms with van der Waals surface area (Å²) >= 11 is 0.